The summed E-state index contributed by atoms with van der Waals surface area (Å²) in [5, 5.41) is 0. The fourth-order valence-electron chi connectivity index (χ4n) is 1.04. The fraction of sp³-hybridized carbons (Fsp3) is 0.714. The smallest absolute Gasteiger partial charge is 0.315 e. The number of rotatable bonds is 1. The number of ether oxygens (including phenoxy) is 2. The van der Waals surface area contributed by atoms with Crippen LogP contribution < -0.4 is 0 Å². The van der Waals surface area contributed by atoms with E-state index in [9.17, 15) is 9.59 Å². The van der Waals surface area contributed by atoms with Crippen LogP contribution in [0.3, 0.4) is 0 Å². The zero-order chi connectivity index (χ0) is 8.48. The maximum absolute atomic E-state index is 11.0. The Labute approximate surface area is 64.5 Å². The van der Waals surface area contributed by atoms with Crippen LogP contribution in [0.5, 0.6) is 0 Å². The molecule has 1 saturated heterocycles. The molecule has 0 aromatic carbocycles. The molecule has 0 aromatic heterocycles. The van der Waals surface area contributed by atoms with Gasteiger partial charge in [0.15, 0.2) is 0 Å². The van der Waals surface area contributed by atoms with Crippen LogP contribution in [0.15, 0.2) is 0 Å². The third-order valence-electron chi connectivity index (χ3n) is 1.76. The van der Waals surface area contributed by atoms with Crippen molar-refractivity contribution in [2.75, 3.05) is 13.7 Å². The summed E-state index contributed by atoms with van der Waals surface area (Å²) < 4.78 is 9.17. The minimum atomic E-state index is -0.758. The number of carbonyl (C=O) groups excluding carboxylic acids is 2. The van der Waals surface area contributed by atoms with Crippen molar-refractivity contribution in [2.45, 2.75) is 13.3 Å². The first-order valence-corrected chi connectivity index (χ1v) is 3.32. The van der Waals surface area contributed by atoms with Crippen LogP contribution in [0.2, 0.25) is 0 Å². The Morgan fingerprint density at radius 2 is 2.36 bits per heavy atom. The van der Waals surface area contributed by atoms with Crippen LogP contribution in [-0.2, 0) is 19.1 Å². The molecule has 0 N–H and O–H groups in total. The molecule has 0 aromatic rings. The van der Waals surface area contributed by atoms with Crippen LogP contribution in [0.4, 0.5) is 0 Å². The summed E-state index contributed by atoms with van der Waals surface area (Å²) >= 11 is 0. The molecule has 0 spiro atoms. The molecular formula is C7H10O4. The van der Waals surface area contributed by atoms with Gasteiger partial charge in [0.25, 0.3) is 0 Å². The second kappa shape index (κ2) is 2.53. The zero-order valence-electron chi connectivity index (χ0n) is 6.55. The molecule has 0 bridgehead atoms. The van der Waals surface area contributed by atoms with E-state index in [1.807, 2.05) is 0 Å². The highest BCUT2D eigenvalue weighted by atomic mass is 16.6. The standard InChI is InChI=1S/C7H10O4/c1-7(6(9)10-2)3-5(8)11-4-7/h3-4H2,1-2H3. The Morgan fingerprint density at radius 1 is 1.73 bits per heavy atom. The number of cyclic esters (lactones) is 1. The normalized spacial score (nSPS) is 29.8. The van der Waals surface area contributed by atoms with Gasteiger partial charge in [0.1, 0.15) is 12.0 Å². The lowest BCUT2D eigenvalue weighted by molar-refractivity contribution is -0.151. The molecule has 0 amide bonds. The van der Waals surface area contributed by atoms with Crippen molar-refractivity contribution >= 4 is 11.9 Å². The predicted octanol–water partition coefficient (Wildman–Crippen LogP) is 0.113. The third-order valence-corrected chi connectivity index (χ3v) is 1.76. The van der Waals surface area contributed by atoms with Crippen molar-refractivity contribution in [3.05, 3.63) is 0 Å². The van der Waals surface area contributed by atoms with E-state index in [2.05, 4.69) is 9.47 Å². The topological polar surface area (TPSA) is 52.6 Å². The van der Waals surface area contributed by atoms with Crippen molar-refractivity contribution in [3.8, 4) is 0 Å². The molecular weight excluding hydrogens is 148 g/mol. The van der Waals surface area contributed by atoms with Gasteiger partial charge < -0.3 is 9.47 Å². The van der Waals surface area contributed by atoms with E-state index in [1.54, 1.807) is 6.92 Å². The molecule has 11 heavy (non-hydrogen) atoms. The molecule has 0 radical (unpaired) electrons. The lowest BCUT2D eigenvalue weighted by Crippen LogP contribution is -2.29. The Kier molecular flexibility index (Phi) is 1.85. The molecule has 1 fully saturated rings. The maximum atomic E-state index is 11.0. The van der Waals surface area contributed by atoms with E-state index in [0.717, 1.165) is 0 Å². The van der Waals surface area contributed by atoms with E-state index in [0.29, 0.717) is 0 Å². The van der Waals surface area contributed by atoms with E-state index < -0.39 is 5.41 Å². The second-order valence-corrected chi connectivity index (χ2v) is 2.89. The highest BCUT2D eigenvalue weighted by Gasteiger charge is 2.43. The second-order valence-electron chi connectivity index (χ2n) is 2.89. The van der Waals surface area contributed by atoms with Crippen molar-refractivity contribution < 1.29 is 19.1 Å². The van der Waals surface area contributed by atoms with Gasteiger partial charge in [-0.15, -0.1) is 0 Å². The molecule has 1 atom stereocenters. The van der Waals surface area contributed by atoms with Gasteiger partial charge in [-0.2, -0.15) is 0 Å². The van der Waals surface area contributed by atoms with E-state index in [1.165, 1.54) is 7.11 Å². The first-order valence-electron chi connectivity index (χ1n) is 3.32. The lowest BCUT2D eigenvalue weighted by Gasteiger charge is -2.15. The summed E-state index contributed by atoms with van der Waals surface area (Å²) in [6.07, 6.45) is 0.125. The summed E-state index contributed by atoms with van der Waals surface area (Å²) in [5.74, 6) is -0.721. The molecule has 1 aliphatic rings. The molecule has 0 aliphatic carbocycles. The van der Waals surface area contributed by atoms with Gasteiger partial charge in [-0.3, -0.25) is 9.59 Å². The van der Waals surface area contributed by atoms with Crippen molar-refractivity contribution in [3.63, 3.8) is 0 Å². The number of carbonyl (C=O) groups is 2. The average molecular weight is 158 g/mol. The highest BCUT2D eigenvalue weighted by molar-refractivity contribution is 5.85. The molecule has 1 heterocycles. The van der Waals surface area contributed by atoms with Crippen molar-refractivity contribution in [1.29, 1.82) is 0 Å². The Balaban J connectivity index is 2.69. The largest absolute Gasteiger partial charge is 0.468 e. The Bertz CT molecular complexity index is 199. The van der Waals surface area contributed by atoms with Crippen molar-refractivity contribution in [1.82, 2.24) is 0 Å². The monoisotopic (exact) mass is 158 g/mol. The lowest BCUT2D eigenvalue weighted by atomic mass is 9.90. The third kappa shape index (κ3) is 1.34. The first kappa shape index (κ1) is 8.04. The van der Waals surface area contributed by atoms with Gasteiger partial charge in [0.2, 0.25) is 0 Å². The molecule has 1 rings (SSSR count). The number of hydrogen-bond donors (Lipinski definition) is 0. The summed E-state index contributed by atoms with van der Waals surface area (Å²) in [5.41, 5.74) is -0.758. The summed E-state index contributed by atoms with van der Waals surface area (Å²) in [6.45, 7) is 1.79. The van der Waals surface area contributed by atoms with Crippen LogP contribution in [0.1, 0.15) is 13.3 Å². The molecule has 1 unspecified atom stereocenters. The van der Waals surface area contributed by atoms with Crippen LogP contribution in [-0.4, -0.2) is 25.7 Å². The summed E-state index contributed by atoms with van der Waals surface area (Å²) in [4.78, 5) is 21.7. The SMILES string of the molecule is COC(=O)C1(C)COC(=O)C1. The van der Waals surface area contributed by atoms with Crippen LogP contribution in [0.25, 0.3) is 0 Å². The molecule has 1 aliphatic heterocycles. The minimum absolute atomic E-state index is 0.125. The zero-order valence-corrected chi connectivity index (χ0v) is 6.55. The molecule has 4 heteroatoms. The predicted molar refractivity (Wildman–Crippen MR) is 35.7 cm³/mol. The Morgan fingerprint density at radius 3 is 2.73 bits per heavy atom. The molecule has 62 valence electrons. The minimum Gasteiger partial charge on any atom is -0.468 e. The number of esters is 2. The maximum Gasteiger partial charge on any atom is 0.315 e. The number of methoxy groups -OCH3 is 1. The van der Waals surface area contributed by atoms with Gasteiger partial charge in [0.05, 0.1) is 13.5 Å². The van der Waals surface area contributed by atoms with Gasteiger partial charge in [-0.1, -0.05) is 0 Å². The summed E-state index contributed by atoms with van der Waals surface area (Å²) in [7, 11) is 1.30. The highest BCUT2D eigenvalue weighted by Crippen LogP contribution is 2.29. The van der Waals surface area contributed by atoms with Gasteiger partial charge in [-0.25, -0.2) is 0 Å². The van der Waals surface area contributed by atoms with E-state index in [-0.39, 0.29) is 25.0 Å². The van der Waals surface area contributed by atoms with Crippen LogP contribution in [0, 0.1) is 5.41 Å². The van der Waals surface area contributed by atoms with Gasteiger partial charge >= 0.3 is 11.9 Å². The van der Waals surface area contributed by atoms with E-state index in [4.69, 9.17) is 0 Å². The van der Waals surface area contributed by atoms with Gasteiger partial charge in [-0.05, 0) is 6.92 Å². The summed E-state index contributed by atoms with van der Waals surface area (Å²) in [6, 6.07) is 0. The average Bonchev–Trinajstić information content (AvgIpc) is 2.31. The fourth-order valence-corrected chi connectivity index (χ4v) is 1.04. The quantitative estimate of drug-likeness (QED) is 0.508. The molecule has 0 saturated carbocycles. The van der Waals surface area contributed by atoms with Crippen LogP contribution >= 0.6 is 0 Å². The first-order chi connectivity index (χ1) is 5.08. The van der Waals surface area contributed by atoms with E-state index >= 15 is 0 Å². The van der Waals surface area contributed by atoms with Gasteiger partial charge in [0, 0.05) is 0 Å². The van der Waals surface area contributed by atoms with Crippen molar-refractivity contribution in [2.24, 2.45) is 5.41 Å². The number of hydrogen-bond acceptors (Lipinski definition) is 4. The molecule has 4 nitrogen and oxygen atoms in total. The Hall–Kier alpha value is -1.06.